The first-order valence-corrected chi connectivity index (χ1v) is 7.69. The standard InChI is InChI=1S/C16H25F3N2/c1-3-4-5-6-7-8-9-14(20-2)15-11-10-13(12-21-15)16(17,18)19/h10-12,14,20H,3-9H2,1-2H3. The van der Waals surface area contributed by atoms with Crippen molar-refractivity contribution in [3.8, 4) is 0 Å². The average Bonchev–Trinajstić information content (AvgIpc) is 2.46. The maximum absolute atomic E-state index is 12.5. The summed E-state index contributed by atoms with van der Waals surface area (Å²) in [7, 11) is 1.82. The molecular formula is C16H25F3N2. The summed E-state index contributed by atoms with van der Waals surface area (Å²) in [4.78, 5) is 3.96. The predicted molar refractivity (Wildman–Crippen MR) is 79.0 cm³/mol. The Morgan fingerprint density at radius 3 is 2.29 bits per heavy atom. The van der Waals surface area contributed by atoms with Gasteiger partial charge in [-0.1, -0.05) is 45.4 Å². The molecule has 120 valence electrons. The number of unbranched alkanes of at least 4 members (excludes halogenated alkanes) is 5. The number of aromatic nitrogens is 1. The van der Waals surface area contributed by atoms with E-state index in [4.69, 9.17) is 0 Å². The minimum Gasteiger partial charge on any atom is -0.312 e. The molecule has 0 aliphatic rings. The third-order valence-electron chi connectivity index (χ3n) is 3.67. The van der Waals surface area contributed by atoms with Gasteiger partial charge in [-0.2, -0.15) is 13.2 Å². The lowest BCUT2D eigenvalue weighted by atomic mass is 10.0. The fourth-order valence-electron chi connectivity index (χ4n) is 2.35. The minimum atomic E-state index is -4.32. The van der Waals surface area contributed by atoms with Gasteiger partial charge >= 0.3 is 6.18 Å². The molecule has 1 heterocycles. The molecule has 1 atom stereocenters. The van der Waals surface area contributed by atoms with Crippen molar-refractivity contribution in [2.75, 3.05) is 7.05 Å². The molecule has 21 heavy (non-hydrogen) atoms. The number of rotatable bonds is 9. The molecule has 0 spiro atoms. The first-order chi connectivity index (χ1) is 9.99. The third-order valence-corrected chi connectivity index (χ3v) is 3.67. The molecule has 1 N–H and O–H groups in total. The van der Waals surface area contributed by atoms with E-state index in [0.717, 1.165) is 25.1 Å². The second kappa shape index (κ2) is 9.03. The van der Waals surface area contributed by atoms with E-state index in [1.165, 1.54) is 38.2 Å². The molecule has 0 fully saturated rings. The van der Waals surface area contributed by atoms with Crippen molar-refractivity contribution in [2.45, 2.75) is 64.1 Å². The van der Waals surface area contributed by atoms with E-state index in [2.05, 4.69) is 17.2 Å². The largest absolute Gasteiger partial charge is 0.417 e. The normalized spacial score (nSPS) is 13.4. The first-order valence-electron chi connectivity index (χ1n) is 7.69. The molecule has 0 radical (unpaired) electrons. The van der Waals surface area contributed by atoms with Crippen LogP contribution < -0.4 is 5.32 Å². The van der Waals surface area contributed by atoms with E-state index >= 15 is 0 Å². The number of hydrogen-bond acceptors (Lipinski definition) is 2. The van der Waals surface area contributed by atoms with E-state index in [-0.39, 0.29) is 6.04 Å². The zero-order chi connectivity index (χ0) is 15.7. The van der Waals surface area contributed by atoms with E-state index in [1.807, 2.05) is 7.05 Å². The van der Waals surface area contributed by atoms with E-state index < -0.39 is 11.7 Å². The maximum atomic E-state index is 12.5. The monoisotopic (exact) mass is 302 g/mol. The summed E-state index contributed by atoms with van der Waals surface area (Å²) >= 11 is 0. The van der Waals surface area contributed by atoms with Crippen LogP contribution in [0.1, 0.15) is 69.2 Å². The Kier molecular flexibility index (Phi) is 7.72. The second-order valence-electron chi connectivity index (χ2n) is 5.37. The van der Waals surface area contributed by atoms with Crippen LogP contribution in [0, 0.1) is 0 Å². The molecule has 0 aliphatic carbocycles. The van der Waals surface area contributed by atoms with Gasteiger partial charge in [0.15, 0.2) is 0 Å². The van der Waals surface area contributed by atoms with Crippen molar-refractivity contribution < 1.29 is 13.2 Å². The fourth-order valence-corrected chi connectivity index (χ4v) is 2.35. The molecule has 2 nitrogen and oxygen atoms in total. The molecule has 0 saturated heterocycles. The fraction of sp³-hybridized carbons (Fsp3) is 0.688. The van der Waals surface area contributed by atoms with Gasteiger partial charge in [0.25, 0.3) is 0 Å². The Balaban J connectivity index is 2.45. The Hall–Kier alpha value is -1.10. The van der Waals surface area contributed by atoms with Gasteiger partial charge in [0.2, 0.25) is 0 Å². The molecule has 0 saturated carbocycles. The zero-order valence-corrected chi connectivity index (χ0v) is 12.8. The predicted octanol–water partition coefficient (Wildman–Crippen LogP) is 5.11. The van der Waals surface area contributed by atoms with Crippen LogP contribution in [0.25, 0.3) is 0 Å². The van der Waals surface area contributed by atoms with Crippen LogP contribution in [0.2, 0.25) is 0 Å². The molecular weight excluding hydrogens is 277 g/mol. The van der Waals surface area contributed by atoms with E-state index in [1.54, 1.807) is 0 Å². The second-order valence-corrected chi connectivity index (χ2v) is 5.37. The van der Waals surface area contributed by atoms with Gasteiger partial charge < -0.3 is 5.32 Å². The molecule has 1 aromatic rings. The van der Waals surface area contributed by atoms with Crippen LogP contribution in [-0.4, -0.2) is 12.0 Å². The van der Waals surface area contributed by atoms with Crippen LogP contribution in [0.15, 0.2) is 18.3 Å². The van der Waals surface area contributed by atoms with Gasteiger partial charge in [0.1, 0.15) is 0 Å². The van der Waals surface area contributed by atoms with Crippen LogP contribution in [-0.2, 0) is 6.18 Å². The van der Waals surface area contributed by atoms with Crippen LogP contribution in [0.4, 0.5) is 13.2 Å². The summed E-state index contributed by atoms with van der Waals surface area (Å²) in [5.41, 5.74) is -0.0141. The number of pyridine rings is 1. The van der Waals surface area contributed by atoms with Gasteiger partial charge in [-0.3, -0.25) is 4.98 Å². The van der Waals surface area contributed by atoms with Gasteiger partial charge in [-0.15, -0.1) is 0 Å². The van der Waals surface area contributed by atoms with Crippen molar-refractivity contribution in [2.24, 2.45) is 0 Å². The Morgan fingerprint density at radius 2 is 1.76 bits per heavy atom. The highest BCUT2D eigenvalue weighted by Gasteiger charge is 2.30. The summed E-state index contributed by atoms with van der Waals surface area (Å²) in [5, 5.41) is 3.13. The number of hydrogen-bond donors (Lipinski definition) is 1. The first kappa shape index (κ1) is 18.0. The Labute approximate surface area is 125 Å². The van der Waals surface area contributed by atoms with E-state index in [0.29, 0.717) is 5.69 Å². The third kappa shape index (κ3) is 6.46. The zero-order valence-electron chi connectivity index (χ0n) is 12.8. The summed E-state index contributed by atoms with van der Waals surface area (Å²) in [6, 6.07) is 2.60. The lowest BCUT2D eigenvalue weighted by molar-refractivity contribution is -0.137. The molecule has 0 amide bonds. The van der Waals surface area contributed by atoms with Crippen LogP contribution >= 0.6 is 0 Å². The maximum Gasteiger partial charge on any atom is 0.417 e. The van der Waals surface area contributed by atoms with Gasteiger partial charge in [0, 0.05) is 12.2 Å². The molecule has 5 heteroatoms. The molecule has 0 aromatic carbocycles. The minimum absolute atomic E-state index is 0.0264. The average molecular weight is 302 g/mol. The highest BCUT2D eigenvalue weighted by Crippen LogP contribution is 2.29. The summed E-state index contributed by atoms with van der Waals surface area (Å²) < 4.78 is 37.5. The quantitative estimate of drug-likeness (QED) is 0.641. The number of halogens is 3. The van der Waals surface area contributed by atoms with Crippen molar-refractivity contribution >= 4 is 0 Å². The number of nitrogens with zero attached hydrogens (tertiary/aromatic N) is 1. The van der Waals surface area contributed by atoms with Gasteiger partial charge in [0.05, 0.1) is 11.3 Å². The lowest BCUT2D eigenvalue weighted by Gasteiger charge is -2.16. The van der Waals surface area contributed by atoms with E-state index in [9.17, 15) is 13.2 Å². The summed E-state index contributed by atoms with van der Waals surface area (Å²) in [5.74, 6) is 0. The molecule has 0 aliphatic heterocycles. The molecule has 1 unspecified atom stereocenters. The van der Waals surface area contributed by atoms with Gasteiger partial charge in [-0.05, 0) is 25.6 Å². The van der Waals surface area contributed by atoms with Crippen molar-refractivity contribution in [3.05, 3.63) is 29.6 Å². The lowest BCUT2D eigenvalue weighted by Crippen LogP contribution is -2.18. The highest BCUT2D eigenvalue weighted by atomic mass is 19.4. The number of alkyl halides is 3. The molecule has 1 aromatic heterocycles. The van der Waals surface area contributed by atoms with Gasteiger partial charge in [-0.25, -0.2) is 0 Å². The smallest absolute Gasteiger partial charge is 0.312 e. The Morgan fingerprint density at radius 1 is 1.10 bits per heavy atom. The van der Waals surface area contributed by atoms with Crippen molar-refractivity contribution in [3.63, 3.8) is 0 Å². The summed E-state index contributed by atoms with van der Waals surface area (Å²) in [6.07, 6.45) is 4.73. The SMILES string of the molecule is CCCCCCCCC(NC)c1ccc(C(F)(F)F)cn1. The van der Waals surface area contributed by atoms with Crippen LogP contribution in [0.3, 0.4) is 0 Å². The Bertz CT molecular complexity index is 388. The molecule has 0 bridgehead atoms. The topological polar surface area (TPSA) is 24.9 Å². The van der Waals surface area contributed by atoms with Crippen molar-refractivity contribution in [1.82, 2.24) is 10.3 Å². The summed E-state index contributed by atoms with van der Waals surface area (Å²) in [6.45, 7) is 2.19. The van der Waals surface area contributed by atoms with Crippen molar-refractivity contribution in [1.29, 1.82) is 0 Å². The number of nitrogens with one attached hydrogen (secondary N) is 1. The molecule has 1 rings (SSSR count). The van der Waals surface area contributed by atoms with Crippen LogP contribution in [0.5, 0.6) is 0 Å². The highest BCUT2D eigenvalue weighted by molar-refractivity contribution is 5.18.